The maximum atomic E-state index is 12.4. The summed E-state index contributed by atoms with van der Waals surface area (Å²) < 4.78 is 27.5. The van der Waals surface area contributed by atoms with Gasteiger partial charge in [0.05, 0.1) is 17.3 Å². The summed E-state index contributed by atoms with van der Waals surface area (Å²) >= 11 is 5.88. The van der Waals surface area contributed by atoms with Crippen molar-refractivity contribution >= 4 is 21.6 Å². The molecule has 1 N–H and O–H groups in total. The van der Waals surface area contributed by atoms with Crippen LogP contribution in [0.2, 0.25) is 5.02 Å². The fourth-order valence-corrected chi connectivity index (χ4v) is 4.29. The molecule has 1 aliphatic rings. The number of rotatable bonds is 2. The van der Waals surface area contributed by atoms with E-state index in [0.717, 1.165) is 0 Å². The SMILES string of the molecule is CC1CN(S(=O)(=O)c2c(Cl)cnn2C)CCC1O. The highest BCUT2D eigenvalue weighted by Crippen LogP contribution is 2.27. The quantitative estimate of drug-likeness (QED) is 0.860. The van der Waals surface area contributed by atoms with Gasteiger partial charge >= 0.3 is 0 Å². The predicted octanol–water partition coefficient (Wildman–Crippen LogP) is 0.465. The van der Waals surface area contributed by atoms with Gasteiger partial charge in [-0.2, -0.15) is 9.40 Å². The van der Waals surface area contributed by atoms with E-state index in [4.69, 9.17) is 11.6 Å². The second kappa shape index (κ2) is 4.80. The van der Waals surface area contributed by atoms with Crippen LogP contribution in [-0.2, 0) is 17.1 Å². The summed E-state index contributed by atoms with van der Waals surface area (Å²) in [6.07, 6.45) is 1.31. The van der Waals surface area contributed by atoms with E-state index in [2.05, 4.69) is 5.10 Å². The van der Waals surface area contributed by atoms with Gasteiger partial charge in [0, 0.05) is 20.1 Å². The molecule has 102 valence electrons. The van der Waals surface area contributed by atoms with E-state index < -0.39 is 16.1 Å². The average Bonchev–Trinajstić information content (AvgIpc) is 2.62. The van der Waals surface area contributed by atoms with Crippen LogP contribution >= 0.6 is 11.6 Å². The fraction of sp³-hybridized carbons (Fsp3) is 0.700. The summed E-state index contributed by atoms with van der Waals surface area (Å²) in [4.78, 5) is 0. The zero-order chi connectivity index (χ0) is 13.5. The third kappa shape index (κ3) is 2.27. The lowest BCUT2D eigenvalue weighted by molar-refractivity contribution is 0.0627. The number of piperidine rings is 1. The molecule has 8 heteroatoms. The van der Waals surface area contributed by atoms with Crippen LogP contribution in [0.3, 0.4) is 0 Å². The molecule has 0 aliphatic carbocycles. The number of aliphatic hydroxyl groups is 1. The maximum absolute atomic E-state index is 12.4. The second-order valence-corrected chi connectivity index (χ2v) is 6.88. The molecular formula is C10H16ClN3O3S. The Bertz CT molecular complexity index is 523. The third-order valence-corrected chi connectivity index (χ3v) is 5.62. The number of sulfonamides is 1. The Morgan fingerprint density at radius 3 is 2.72 bits per heavy atom. The largest absolute Gasteiger partial charge is 0.393 e. The summed E-state index contributed by atoms with van der Waals surface area (Å²) in [5.41, 5.74) is 0. The minimum Gasteiger partial charge on any atom is -0.393 e. The fourth-order valence-electron chi connectivity index (χ4n) is 2.13. The molecule has 6 nitrogen and oxygen atoms in total. The molecule has 1 fully saturated rings. The Balaban J connectivity index is 2.33. The highest BCUT2D eigenvalue weighted by molar-refractivity contribution is 7.89. The van der Waals surface area contributed by atoms with Gasteiger partial charge < -0.3 is 5.11 Å². The van der Waals surface area contributed by atoms with E-state index in [-0.39, 0.29) is 16.0 Å². The molecule has 1 aromatic rings. The first-order chi connectivity index (χ1) is 8.34. The van der Waals surface area contributed by atoms with Crippen molar-refractivity contribution in [3.8, 4) is 0 Å². The van der Waals surface area contributed by atoms with Crippen LogP contribution in [-0.4, -0.2) is 46.8 Å². The molecule has 0 amide bonds. The van der Waals surface area contributed by atoms with E-state index >= 15 is 0 Å². The third-order valence-electron chi connectivity index (χ3n) is 3.25. The molecule has 18 heavy (non-hydrogen) atoms. The van der Waals surface area contributed by atoms with Gasteiger partial charge in [-0.1, -0.05) is 18.5 Å². The average molecular weight is 294 g/mol. The van der Waals surface area contributed by atoms with Crippen molar-refractivity contribution in [1.82, 2.24) is 14.1 Å². The number of halogens is 1. The van der Waals surface area contributed by atoms with E-state index in [0.29, 0.717) is 19.5 Å². The molecule has 0 radical (unpaired) electrons. The zero-order valence-corrected chi connectivity index (χ0v) is 11.8. The highest BCUT2D eigenvalue weighted by atomic mass is 35.5. The topological polar surface area (TPSA) is 75.4 Å². The summed E-state index contributed by atoms with van der Waals surface area (Å²) in [6.45, 7) is 2.43. The minimum absolute atomic E-state index is 0.00718. The first-order valence-electron chi connectivity index (χ1n) is 5.69. The van der Waals surface area contributed by atoms with Crippen LogP contribution in [0.15, 0.2) is 11.2 Å². The van der Waals surface area contributed by atoms with Crippen molar-refractivity contribution in [3.63, 3.8) is 0 Å². The van der Waals surface area contributed by atoms with E-state index in [1.165, 1.54) is 15.2 Å². The van der Waals surface area contributed by atoms with Gasteiger partial charge in [-0.15, -0.1) is 0 Å². The van der Waals surface area contributed by atoms with Crippen LogP contribution in [0.4, 0.5) is 0 Å². The van der Waals surface area contributed by atoms with Crippen molar-refractivity contribution < 1.29 is 13.5 Å². The van der Waals surface area contributed by atoms with Gasteiger partial charge in [0.2, 0.25) is 0 Å². The smallest absolute Gasteiger partial charge is 0.261 e. The van der Waals surface area contributed by atoms with Crippen molar-refractivity contribution in [2.45, 2.75) is 24.5 Å². The van der Waals surface area contributed by atoms with Crippen molar-refractivity contribution in [1.29, 1.82) is 0 Å². The molecule has 1 aliphatic heterocycles. The number of hydrogen-bond donors (Lipinski definition) is 1. The highest BCUT2D eigenvalue weighted by Gasteiger charge is 2.35. The van der Waals surface area contributed by atoms with Crippen LogP contribution in [0.5, 0.6) is 0 Å². The first-order valence-corrected chi connectivity index (χ1v) is 7.51. The molecule has 0 aromatic carbocycles. The molecule has 2 unspecified atom stereocenters. The predicted molar refractivity (Wildman–Crippen MR) is 66.8 cm³/mol. The Morgan fingerprint density at radius 1 is 1.56 bits per heavy atom. The lowest BCUT2D eigenvalue weighted by Crippen LogP contribution is -2.45. The van der Waals surface area contributed by atoms with Gasteiger partial charge in [-0.05, 0) is 12.3 Å². The number of hydrogen-bond acceptors (Lipinski definition) is 4. The lowest BCUT2D eigenvalue weighted by Gasteiger charge is -2.33. The minimum atomic E-state index is -3.65. The molecule has 0 bridgehead atoms. The number of aromatic nitrogens is 2. The van der Waals surface area contributed by atoms with Gasteiger partial charge in [0.1, 0.15) is 0 Å². The van der Waals surface area contributed by atoms with Crippen molar-refractivity contribution in [3.05, 3.63) is 11.2 Å². The standard InChI is InChI=1S/C10H16ClN3O3S/c1-7-6-14(4-3-9(7)15)18(16,17)10-8(11)5-12-13(10)2/h5,7,9,15H,3-4,6H2,1-2H3. The van der Waals surface area contributed by atoms with Gasteiger partial charge in [-0.25, -0.2) is 8.42 Å². The summed E-state index contributed by atoms with van der Waals surface area (Å²) in [5.74, 6) is -0.0828. The summed E-state index contributed by atoms with van der Waals surface area (Å²) in [7, 11) is -2.10. The maximum Gasteiger partial charge on any atom is 0.261 e. The summed E-state index contributed by atoms with van der Waals surface area (Å²) in [6, 6.07) is 0. The van der Waals surface area contributed by atoms with Crippen LogP contribution in [0.1, 0.15) is 13.3 Å². The number of aliphatic hydroxyl groups excluding tert-OH is 1. The molecular weight excluding hydrogens is 278 g/mol. The normalized spacial score (nSPS) is 26.4. The van der Waals surface area contributed by atoms with Gasteiger partial charge in [-0.3, -0.25) is 4.68 Å². The van der Waals surface area contributed by atoms with E-state index in [1.807, 2.05) is 6.92 Å². The number of aryl methyl sites for hydroxylation is 1. The molecule has 2 rings (SSSR count). The van der Waals surface area contributed by atoms with E-state index in [9.17, 15) is 13.5 Å². The van der Waals surface area contributed by atoms with Gasteiger partial charge in [0.25, 0.3) is 10.0 Å². The van der Waals surface area contributed by atoms with E-state index in [1.54, 1.807) is 7.05 Å². The number of nitrogens with zero attached hydrogens (tertiary/aromatic N) is 3. The molecule has 2 atom stereocenters. The molecule has 2 heterocycles. The molecule has 1 aromatic heterocycles. The van der Waals surface area contributed by atoms with Crippen molar-refractivity contribution in [2.75, 3.05) is 13.1 Å². The van der Waals surface area contributed by atoms with Crippen LogP contribution < -0.4 is 0 Å². The lowest BCUT2D eigenvalue weighted by atomic mass is 9.99. The van der Waals surface area contributed by atoms with Crippen LogP contribution in [0.25, 0.3) is 0 Å². The Labute approximate surface area is 111 Å². The Morgan fingerprint density at radius 2 is 2.22 bits per heavy atom. The molecule has 0 spiro atoms. The van der Waals surface area contributed by atoms with Crippen molar-refractivity contribution in [2.24, 2.45) is 13.0 Å². The molecule has 0 saturated carbocycles. The first kappa shape index (κ1) is 13.8. The second-order valence-electron chi connectivity index (χ2n) is 4.62. The Kier molecular flexibility index (Phi) is 3.68. The summed E-state index contributed by atoms with van der Waals surface area (Å²) in [5, 5.41) is 13.6. The monoisotopic (exact) mass is 293 g/mol. The van der Waals surface area contributed by atoms with Crippen LogP contribution in [0, 0.1) is 5.92 Å². The Hall–Kier alpha value is -0.630. The van der Waals surface area contributed by atoms with Gasteiger partial charge in [0.15, 0.2) is 5.03 Å². The molecule has 1 saturated heterocycles. The zero-order valence-electron chi connectivity index (χ0n) is 10.2.